The number of carbonyl (C=O) groups is 1. The van der Waals surface area contributed by atoms with Crippen molar-refractivity contribution in [2.45, 2.75) is 26.9 Å². The Hall–Kier alpha value is -1.39. The van der Waals surface area contributed by atoms with Crippen molar-refractivity contribution in [1.29, 1.82) is 0 Å². The highest BCUT2D eigenvalue weighted by Gasteiger charge is 2.07. The largest absolute Gasteiger partial charge is 0.462 e. The standard InChI is InChI=1S/C15H23NO3/c1-3-16(4-2)10-5-11-19-15(18)14-8-6-13(12-17)7-9-14/h6-9,17H,3-5,10-12H2,1-2H3. The van der Waals surface area contributed by atoms with Crippen LogP contribution in [-0.2, 0) is 11.3 Å². The number of rotatable bonds is 8. The van der Waals surface area contributed by atoms with Crippen molar-refractivity contribution in [1.82, 2.24) is 4.90 Å². The Morgan fingerprint density at radius 2 is 1.84 bits per heavy atom. The van der Waals surface area contributed by atoms with Crippen LogP contribution in [0.1, 0.15) is 36.2 Å². The molecule has 0 saturated carbocycles. The van der Waals surface area contributed by atoms with Crippen LogP contribution < -0.4 is 0 Å². The number of esters is 1. The maximum absolute atomic E-state index is 11.7. The fourth-order valence-corrected chi connectivity index (χ4v) is 1.82. The zero-order valence-electron chi connectivity index (χ0n) is 11.8. The van der Waals surface area contributed by atoms with E-state index in [1.54, 1.807) is 24.3 Å². The van der Waals surface area contributed by atoms with Gasteiger partial charge in [0.15, 0.2) is 0 Å². The molecule has 0 amide bonds. The summed E-state index contributed by atoms with van der Waals surface area (Å²) in [6.45, 7) is 7.66. The van der Waals surface area contributed by atoms with Gasteiger partial charge in [-0.3, -0.25) is 0 Å². The summed E-state index contributed by atoms with van der Waals surface area (Å²) in [5.41, 5.74) is 1.32. The molecule has 1 N–H and O–H groups in total. The molecule has 4 nitrogen and oxygen atoms in total. The van der Waals surface area contributed by atoms with Crippen LogP contribution in [0.4, 0.5) is 0 Å². The molecule has 0 radical (unpaired) electrons. The van der Waals surface area contributed by atoms with E-state index in [1.165, 1.54) is 0 Å². The zero-order valence-corrected chi connectivity index (χ0v) is 11.8. The molecule has 0 aliphatic rings. The smallest absolute Gasteiger partial charge is 0.338 e. The number of aliphatic hydroxyl groups excluding tert-OH is 1. The molecule has 0 atom stereocenters. The van der Waals surface area contributed by atoms with E-state index in [2.05, 4.69) is 18.7 Å². The summed E-state index contributed by atoms with van der Waals surface area (Å²) >= 11 is 0. The van der Waals surface area contributed by atoms with Gasteiger partial charge < -0.3 is 14.7 Å². The fraction of sp³-hybridized carbons (Fsp3) is 0.533. The van der Waals surface area contributed by atoms with Gasteiger partial charge in [-0.15, -0.1) is 0 Å². The van der Waals surface area contributed by atoms with Gasteiger partial charge >= 0.3 is 5.97 Å². The highest BCUT2D eigenvalue weighted by Crippen LogP contribution is 2.06. The second-order valence-corrected chi connectivity index (χ2v) is 4.37. The SMILES string of the molecule is CCN(CC)CCCOC(=O)c1ccc(CO)cc1. The monoisotopic (exact) mass is 265 g/mol. The number of nitrogens with zero attached hydrogens (tertiary/aromatic N) is 1. The van der Waals surface area contributed by atoms with Crippen LogP contribution in [0.5, 0.6) is 0 Å². The van der Waals surface area contributed by atoms with Crippen molar-refractivity contribution in [3.05, 3.63) is 35.4 Å². The van der Waals surface area contributed by atoms with Gasteiger partial charge in [0.1, 0.15) is 0 Å². The van der Waals surface area contributed by atoms with Gasteiger partial charge in [0.05, 0.1) is 18.8 Å². The molecule has 0 spiro atoms. The number of carbonyl (C=O) groups excluding carboxylic acids is 1. The van der Waals surface area contributed by atoms with Crippen LogP contribution in [0.2, 0.25) is 0 Å². The normalized spacial score (nSPS) is 10.7. The van der Waals surface area contributed by atoms with E-state index in [9.17, 15) is 4.79 Å². The molecule has 0 aromatic heterocycles. The molecule has 0 heterocycles. The maximum atomic E-state index is 11.7. The predicted octanol–water partition coefficient (Wildman–Crippen LogP) is 2.07. The summed E-state index contributed by atoms with van der Waals surface area (Å²) in [4.78, 5) is 14.0. The summed E-state index contributed by atoms with van der Waals surface area (Å²) in [7, 11) is 0. The van der Waals surface area contributed by atoms with Gasteiger partial charge in [-0.1, -0.05) is 26.0 Å². The molecule has 19 heavy (non-hydrogen) atoms. The first-order valence-electron chi connectivity index (χ1n) is 6.80. The number of hydrogen-bond donors (Lipinski definition) is 1. The van der Waals surface area contributed by atoms with Gasteiger partial charge in [0.25, 0.3) is 0 Å². The van der Waals surface area contributed by atoms with E-state index in [0.717, 1.165) is 31.6 Å². The number of benzene rings is 1. The highest BCUT2D eigenvalue weighted by molar-refractivity contribution is 5.89. The molecular formula is C15H23NO3. The van der Waals surface area contributed by atoms with Crippen molar-refractivity contribution in [2.75, 3.05) is 26.2 Å². The van der Waals surface area contributed by atoms with Gasteiger partial charge in [0, 0.05) is 6.54 Å². The van der Waals surface area contributed by atoms with Crippen molar-refractivity contribution < 1.29 is 14.6 Å². The van der Waals surface area contributed by atoms with Crippen molar-refractivity contribution in [3.8, 4) is 0 Å². The molecular weight excluding hydrogens is 242 g/mol. The number of ether oxygens (including phenoxy) is 1. The molecule has 4 heteroatoms. The van der Waals surface area contributed by atoms with E-state index < -0.39 is 0 Å². The van der Waals surface area contributed by atoms with E-state index >= 15 is 0 Å². The van der Waals surface area contributed by atoms with Crippen LogP contribution in [0.15, 0.2) is 24.3 Å². The Morgan fingerprint density at radius 3 is 2.37 bits per heavy atom. The van der Waals surface area contributed by atoms with E-state index in [1.807, 2.05) is 0 Å². The lowest BCUT2D eigenvalue weighted by atomic mass is 10.1. The Bertz CT molecular complexity index is 371. The fourth-order valence-electron chi connectivity index (χ4n) is 1.82. The van der Waals surface area contributed by atoms with Crippen LogP contribution in [0, 0.1) is 0 Å². The lowest BCUT2D eigenvalue weighted by molar-refractivity contribution is 0.0489. The minimum Gasteiger partial charge on any atom is -0.462 e. The Balaban J connectivity index is 2.30. The second kappa shape index (κ2) is 8.67. The van der Waals surface area contributed by atoms with E-state index in [-0.39, 0.29) is 12.6 Å². The highest BCUT2D eigenvalue weighted by atomic mass is 16.5. The average Bonchev–Trinajstić information content (AvgIpc) is 2.47. The molecule has 0 saturated heterocycles. The number of hydrogen-bond acceptors (Lipinski definition) is 4. The third kappa shape index (κ3) is 5.41. The Kier molecular flexibility index (Phi) is 7.15. The molecule has 0 bridgehead atoms. The quantitative estimate of drug-likeness (QED) is 0.577. The second-order valence-electron chi connectivity index (χ2n) is 4.37. The van der Waals surface area contributed by atoms with Crippen molar-refractivity contribution in [3.63, 3.8) is 0 Å². The Labute approximate surface area is 115 Å². The first-order valence-corrected chi connectivity index (χ1v) is 6.80. The third-order valence-electron chi connectivity index (χ3n) is 3.12. The summed E-state index contributed by atoms with van der Waals surface area (Å²) in [6, 6.07) is 6.82. The van der Waals surface area contributed by atoms with Crippen LogP contribution in [0.25, 0.3) is 0 Å². The van der Waals surface area contributed by atoms with E-state index in [4.69, 9.17) is 9.84 Å². The Morgan fingerprint density at radius 1 is 1.21 bits per heavy atom. The molecule has 0 unspecified atom stereocenters. The van der Waals surface area contributed by atoms with E-state index in [0.29, 0.717) is 12.2 Å². The molecule has 1 rings (SSSR count). The molecule has 1 aromatic carbocycles. The molecule has 106 valence electrons. The summed E-state index contributed by atoms with van der Waals surface area (Å²) < 4.78 is 5.21. The lowest BCUT2D eigenvalue weighted by Crippen LogP contribution is -2.25. The van der Waals surface area contributed by atoms with Gasteiger partial charge in [-0.2, -0.15) is 0 Å². The van der Waals surface area contributed by atoms with Gasteiger partial charge in [-0.05, 0) is 37.2 Å². The van der Waals surface area contributed by atoms with Gasteiger partial charge in [-0.25, -0.2) is 4.79 Å². The third-order valence-corrected chi connectivity index (χ3v) is 3.12. The molecule has 0 aliphatic heterocycles. The first kappa shape index (κ1) is 15.7. The molecule has 0 fully saturated rings. The van der Waals surface area contributed by atoms with Crippen molar-refractivity contribution in [2.24, 2.45) is 0 Å². The maximum Gasteiger partial charge on any atom is 0.338 e. The van der Waals surface area contributed by atoms with Crippen LogP contribution >= 0.6 is 0 Å². The minimum absolute atomic E-state index is 0.0147. The predicted molar refractivity (Wildman–Crippen MR) is 75.1 cm³/mol. The number of aliphatic hydroxyl groups is 1. The average molecular weight is 265 g/mol. The van der Waals surface area contributed by atoms with Crippen LogP contribution in [-0.4, -0.2) is 42.2 Å². The van der Waals surface area contributed by atoms with Crippen LogP contribution in [0.3, 0.4) is 0 Å². The summed E-state index contributed by atoms with van der Waals surface area (Å²) in [5, 5.41) is 8.92. The zero-order chi connectivity index (χ0) is 14.1. The topological polar surface area (TPSA) is 49.8 Å². The minimum atomic E-state index is -0.302. The lowest BCUT2D eigenvalue weighted by Gasteiger charge is -2.17. The molecule has 1 aromatic rings. The van der Waals surface area contributed by atoms with Crippen molar-refractivity contribution >= 4 is 5.97 Å². The summed E-state index contributed by atoms with van der Waals surface area (Å²) in [6.07, 6.45) is 0.849. The first-order chi connectivity index (χ1) is 9.21. The molecule has 0 aliphatic carbocycles. The summed E-state index contributed by atoms with van der Waals surface area (Å²) in [5.74, 6) is -0.302. The van der Waals surface area contributed by atoms with Gasteiger partial charge in [0.2, 0.25) is 0 Å².